The molecule has 0 fully saturated rings. The van der Waals surface area contributed by atoms with Crippen molar-refractivity contribution in [1.82, 2.24) is 4.57 Å². The number of carboxylic acids is 1. The average Bonchev–Trinajstić information content (AvgIpc) is 2.75. The minimum absolute atomic E-state index is 0.267. The van der Waals surface area contributed by atoms with E-state index in [0.29, 0.717) is 11.6 Å². The number of carboxylic acid groups (broad SMARTS) is 1. The molecule has 0 aliphatic rings. The van der Waals surface area contributed by atoms with Crippen molar-refractivity contribution in [3.63, 3.8) is 0 Å². The van der Waals surface area contributed by atoms with Crippen molar-refractivity contribution in [3.05, 3.63) is 45.5 Å². The summed E-state index contributed by atoms with van der Waals surface area (Å²) in [5, 5.41) is 9.72. The van der Waals surface area contributed by atoms with Gasteiger partial charge in [-0.15, -0.1) is 0 Å². The van der Waals surface area contributed by atoms with Crippen LogP contribution in [0.5, 0.6) is 0 Å². The first-order chi connectivity index (χ1) is 8.54. The third kappa shape index (κ3) is 2.31. The molecule has 3 nitrogen and oxygen atoms in total. The lowest BCUT2D eigenvalue weighted by Gasteiger charge is -2.10. The quantitative estimate of drug-likeness (QED) is 0.913. The van der Waals surface area contributed by atoms with Crippen LogP contribution in [0.15, 0.2) is 34.8 Å². The lowest BCUT2D eigenvalue weighted by atomic mass is 10.1. The van der Waals surface area contributed by atoms with Gasteiger partial charge < -0.3 is 9.67 Å². The van der Waals surface area contributed by atoms with Crippen LogP contribution in [0.1, 0.15) is 17.4 Å². The van der Waals surface area contributed by atoms with Gasteiger partial charge in [0.05, 0.1) is 5.69 Å². The van der Waals surface area contributed by atoms with E-state index in [1.54, 1.807) is 22.8 Å². The van der Waals surface area contributed by atoms with E-state index in [4.69, 9.17) is 16.7 Å². The molecule has 0 atom stereocenters. The van der Waals surface area contributed by atoms with Crippen LogP contribution in [-0.4, -0.2) is 15.6 Å². The van der Waals surface area contributed by atoms with Gasteiger partial charge in [0.1, 0.15) is 5.69 Å². The fourth-order valence-electron chi connectivity index (χ4n) is 1.92. The molecule has 0 aliphatic carbocycles. The average molecular weight is 329 g/mol. The second-order valence-corrected chi connectivity index (χ2v) is 5.10. The molecule has 2 aromatic rings. The molecule has 2 rings (SSSR count). The lowest BCUT2D eigenvalue weighted by molar-refractivity contribution is 0.0685. The van der Waals surface area contributed by atoms with E-state index < -0.39 is 5.97 Å². The molecule has 1 aromatic heterocycles. The normalized spacial score (nSPS) is 10.6. The van der Waals surface area contributed by atoms with Crippen molar-refractivity contribution in [1.29, 1.82) is 0 Å². The molecule has 0 amide bonds. The number of hydrogen-bond acceptors (Lipinski definition) is 1. The third-order valence-corrected chi connectivity index (χ3v) is 3.54. The van der Waals surface area contributed by atoms with Gasteiger partial charge in [0.2, 0.25) is 0 Å². The van der Waals surface area contributed by atoms with Crippen molar-refractivity contribution < 1.29 is 9.90 Å². The molecule has 1 N–H and O–H groups in total. The van der Waals surface area contributed by atoms with Crippen molar-refractivity contribution >= 4 is 33.5 Å². The van der Waals surface area contributed by atoms with Crippen LogP contribution in [0.4, 0.5) is 0 Å². The fourth-order valence-corrected chi connectivity index (χ4v) is 2.50. The second kappa shape index (κ2) is 5.16. The Kier molecular flexibility index (Phi) is 3.78. The van der Waals surface area contributed by atoms with Gasteiger partial charge in [0, 0.05) is 21.6 Å². The standard InChI is InChI=1S/C13H11BrClNO2/c1-2-16-11(5-6-12(16)13(17)18)9-7-8(14)3-4-10(9)15/h3-7H,2H2,1H3,(H,17,18). The number of hydrogen-bond donors (Lipinski definition) is 1. The monoisotopic (exact) mass is 327 g/mol. The van der Waals surface area contributed by atoms with Crippen LogP contribution in [0.3, 0.4) is 0 Å². The van der Waals surface area contributed by atoms with E-state index in [1.807, 2.05) is 19.1 Å². The molecule has 0 bridgehead atoms. The number of rotatable bonds is 3. The lowest BCUT2D eigenvalue weighted by Crippen LogP contribution is -2.08. The number of carbonyl (C=O) groups is 1. The number of benzene rings is 1. The number of nitrogens with zero attached hydrogens (tertiary/aromatic N) is 1. The Morgan fingerprint density at radius 1 is 1.39 bits per heavy atom. The van der Waals surface area contributed by atoms with E-state index in [-0.39, 0.29) is 5.69 Å². The Bertz CT molecular complexity index is 607. The van der Waals surface area contributed by atoms with Crippen LogP contribution in [0, 0.1) is 0 Å². The van der Waals surface area contributed by atoms with Crippen molar-refractivity contribution in [3.8, 4) is 11.3 Å². The highest BCUT2D eigenvalue weighted by atomic mass is 79.9. The first kappa shape index (κ1) is 13.2. The second-order valence-electron chi connectivity index (χ2n) is 3.78. The van der Waals surface area contributed by atoms with Crippen molar-refractivity contribution in [2.24, 2.45) is 0 Å². The number of aromatic carboxylic acids is 1. The zero-order valence-corrected chi connectivity index (χ0v) is 12.0. The molecule has 0 saturated carbocycles. The van der Waals surface area contributed by atoms with E-state index >= 15 is 0 Å². The summed E-state index contributed by atoms with van der Waals surface area (Å²) in [5.74, 6) is -0.936. The van der Waals surface area contributed by atoms with E-state index in [9.17, 15) is 4.79 Å². The molecule has 0 saturated heterocycles. The van der Waals surface area contributed by atoms with Gasteiger partial charge >= 0.3 is 5.97 Å². The predicted molar refractivity (Wildman–Crippen MR) is 75.2 cm³/mol. The van der Waals surface area contributed by atoms with Gasteiger partial charge in [-0.05, 0) is 37.3 Å². The Hall–Kier alpha value is -1.26. The van der Waals surface area contributed by atoms with Crippen LogP contribution < -0.4 is 0 Å². The molecule has 0 spiro atoms. The fraction of sp³-hybridized carbons (Fsp3) is 0.154. The van der Waals surface area contributed by atoms with Gasteiger partial charge in [-0.3, -0.25) is 0 Å². The molecule has 0 aliphatic heterocycles. The van der Waals surface area contributed by atoms with E-state index in [2.05, 4.69) is 15.9 Å². The largest absolute Gasteiger partial charge is 0.477 e. The summed E-state index contributed by atoms with van der Waals surface area (Å²) < 4.78 is 2.64. The summed E-state index contributed by atoms with van der Waals surface area (Å²) in [6.07, 6.45) is 0. The molecule has 5 heteroatoms. The molecule has 18 heavy (non-hydrogen) atoms. The van der Waals surface area contributed by atoms with Gasteiger partial charge in [0.25, 0.3) is 0 Å². The highest BCUT2D eigenvalue weighted by molar-refractivity contribution is 9.10. The highest BCUT2D eigenvalue weighted by Gasteiger charge is 2.15. The third-order valence-electron chi connectivity index (χ3n) is 2.72. The van der Waals surface area contributed by atoms with Crippen LogP contribution >= 0.6 is 27.5 Å². The summed E-state index contributed by atoms with van der Waals surface area (Å²) >= 11 is 9.56. The SMILES string of the molecule is CCn1c(C(=O)O)ccc1-c1cc(Br)ccc1Cl. The predicted octanol–water partition coefficient (Wildman–Crippen LogP) is 4.29. The summed E-state index contributed by atoms with van der Waals surface area (Å²) in [4.78, 5) is 11.1. The summed E-state index contributed by atoms with van der Waals surface area (Å²) in [5.41, 5.74) is 1.89. The van der Waals surface area contributed by atoms with Crippen LogP contribution in [-0.2, 0) is 6.54 Å². The first-order valence-electron chi connectivity index (χ1n) is 5.42. The van der Waals surface area contributed by atoms with Crippen molar-refractivity contribution in [2.45, 2.75) is 13.5 Å². The van der Waals surface area contributed by atoms with Gasteiger partial charge in [-0.1, -0.05) is 27.5 Å². The summed E-state index contributed by atoms with van der Waals surface area (Å²) in [6.45, 7) is 2.48. The molecule has 0 radical (unpaired) electrons. The number of aromatic nitrogens is 1. The number of halogens is 2. The minimum atomic E-state index is -0.936. The molecule has 94 valence electrons. The Morgan fingerprint density at radius 3 is 2.72 bits per heavy atom. The maximum Gasteiger partial charge on any atom is 0.352 e. The zero-order valence-electron chi connectivity index (χ0n) is 9.65. The van der Waals surface area contributed by atoms with E-state index in [0.717, 1.165) is 15.7 Å². The zero-order chi connectivity index (χ0) is 13.3. The molecular weight excluding hydrogens is 318 g/mol. The van der Waals surface area contributed by atoms with Crippen LogP contribution in [0.25, 0.3) is 11.3 Å². The maximum absolute atomic E-state index is 11.1. The Balaban J connectivity index is 2.64. The smallest absolute Gasteiger partial charge is 0.352 e. The Labute approximate surface area is 118 Å². The van der Waals surface area contributed by atoms with Crippen molar-refractivity contribution in [2.75, 3.05) is 0 Å². The summed E-state index contributed by atoms with van der Waals surface area (Å²) in [7, 11) is 0. The topological polar surface area (TPSA) is 42.2 Å². The first-order valence-corrected chi connectivity index (χ1v) is 6.60. The minimum Gasteiger partial charge on any atom is -0.477 e. The van der Waals surface area contributed by atoms with Gasteiger partial charge in [0.15, 0.2) is 0 Å². The summed E-state index contributed by atoms with van der Waals surface area (Å²) in [6, 6.07) is 8.89. The maximum atomic E-state index is 11.1. The van der Waals surface area contributed by atoms with Gasteiger partial charge in [-0.25, -0.2) is 4.79 Å². The van der Waals surface area contributed by atoms with Crippen LogP contribution in [0.2, 0.25) is 5.02 Å². The molecular formula is C13H11BrClNO2. The van der Waals surface area contributed by atoms with E-state index in [1.165, 1.54) is 0 Å². The Morgan fingerprint density at radius 2 is 2.11 bits per heavy atom. The molecule has 1 aromatic carbocycles. The van der Waals surface area contributed by atoms with Gasteiger partial charge in [-0.2, -0.15) is 0 Å². The molecule has 0 unspecified atom stereocenters. The highest BCUT2D eigenvalue weighted by Crippen LogP contribution is 2.32. The molecule has 1 heterocycles.